The maximum Gasteiger partial charge on any atom is 0.416 e. The van der Waals surface area contributed by atoms with Crippen molar-refractivity contribution in [2.45, 2.75) is 19.1 Å². The Morgan fingerprint density at radius 1 is 1.23 bits per heavy atom. The number of aromatic nitrogens is 5. The fraction of sp³-hybridized carbons (Fsp3) is 0.167. The number of nitrogens with zero attached hydrogens (tertiary/aromatic N) is 4. The molecule has 0 saturated carbocycles. The zero-order valence-electron chi connectivity index (χ0n) is 15.4. The molecule has 4 N–H and O–H groups in total. The van der Waals surface area contributed by atoms with E-state index in [1.807, 2.05) is 0 Å². The predicted octanol–water partition coefficient (Wildman–Crippen LogP) is 3.10. The van der Waals surface area contributed by atoms with Gasteiger partial charge in [-0.05, 0) is 25.1 Å². The number of carbonyl (C=O) groups excluding carboxylic acids is 1. The van der Waals surface area contributed by atoms with Crippen LogP contribution >= 0.6 is 0 Å². The summed E-state index contributed by atoms with van der Waals surface area (Å²) in [4.78, 5) is 26.9. The van der Waals surface area contributed by atoms with Crippen molar-refractivity contribution in [2.75, 3.05) is 5.73 Å². The van der Waals surface area contributed by atoms with Crippen LogP contribution in [-0.2, 0) is 6.18 Å². The Bertz CT molecular complexity index is 1230. The number of alkyl halides is 3. The van der Waals surface area contributed by atoms with Crippen molar-refractivity contribution < 1.29 is 22.5 Å². The molecule has 0 radical (unpaired) electrons. The van der Waals surface area contributed by atoms with Crippen molar-refractivity contribution >= 4 is 22.8 Å². The lowest BCUT2D eigenvalue weighted by atomic mass is 10.2. The number of amides is 1. The number of halogens is 3. The second-order valence-corrected chi connectivity index (χ2v) is 6.45. The SMILES string of the molecule is CC(NC(=O)c1cc(N)ncn1)c1cc(-c2nc3ccc(C(F)(F)F)cc3[nH]2)no1. The number of imidazole rings is 1. The number of H-pyrrole nitrogens is 1. The molecule has 3 aromatic heterocycles. The zero-order valence-corrected chi connectivity index (χ0v) is 15.4. The molecule has 1 atom stereocenters. The fourth-order valence-electron chi connectivity index (χ4n) is 2.75. The molecule has 0 aliphatic carbocycles. The van der Waals surface area contributed by atoms with E-state index >= 15 is 0 Å². The van der Waals surface area contributed by atoms with Crippen LogP contribution in [0.5, 0.6) is 0 Å². The topological polar surface area (TPSA) is 136 Å². The fourth-order valence-corrected chi connectivity index (χ4v) is 2.75. The van der Waals surface area contributed by atoms with Crippen LogP contribution in [0.25, 0.3) is 22.6 Å². The molecule has 0 saturated heterocycles. The molecule has 1 unspecified atom stereocenters. The first kappa shape index (κ1) is 19.4. The number of benzene rings is 1. The molecule has 9 nitrogen and oxygen atoms in total. The minimum absolute atomic E-state index is 0.0897. The molecule has 4 aromatic rings. The molecule has 12 heteroatoms. The summed E-state index contributed by atoms with van der Waals surface area (Å²) in [6.07, 6.45) is -3.28. The number of nitrogen functional groups attached to an aromatic ring is 1. The van der Waals surface area contributed by atoms with E-state index in [1.54, 1.807) is 6.92 Å². The van der Waals surface area contributed by atoms with Crippen molar-refractivity contribution in [2.24, 2.45) is 0 Å². The van der Waals surface area contributed by atoms with E-state index in [0.29, 0.717) is 11.3 Å². The Morgan fingerprint density at radius 2 is 2.03 bits per heavy atom. The monoisotopic (exact) mass is 417 g/mol. The van der Waals surface area contributed by atoms with Crippen molar-refractivity contribution in [1.82, 2.24) is 30.4 Å². The van der Waals surface area contributed by atoms with Crippen LogP contribution in [0.2, 0.25) is 0 Å². The van der Waals surface area contributed by atoms with Gasteiger partial charge in [-0.15, -0.1) is 0 Å². The lowest BCUT2D eigenvalue weighted by Gasteiger charge is -2.09. The van der Waals surface area contributed by atoms with Crippen molar-refractivity contribution in [3.8, 4) is 11.5 Å². The van der Waals surface area contributed by atoms with Gasteiger partial charge in [-0.25, -0.2) is 15.0 Å². The summed E-state index contributed by atoms with van der Waals surface area (Å²) in [5, 5.41) is 6.56. The third kappa shape index (κ3) is 3.79. The Hall–Kier alpha value is -3.96. The number of fused-ring (bicyclic) bond motifs is 1. The summed E-state index contributed by atoms with van der Waals surface area (Å²) in [5.74, 6) is 0.222. The highest BCUT2D eigenvalue weighted by Gasteiger charge is 2.31. The number of aromatic amines is 1. The number of nitrogens with one attached hydrogen (secondary N) is 2. The summed E-state index contributed by atoms with van der Waals surface area (Å²) in [5.41, 5.74) is 5.69. The van der Waals surface area contributed by atoms with Crippen molar-refractivity contribution in [3.63, 3.8) is 0 Å². The minimum Gasteiger partial charge on any atom is -0.384 e. The molecule has 0 fully saturated rings. The summed E-state index contributed by atoms with van der Waals surface area (Å²) >= 11 is 0. The van der Waals surface area contributed by atoms with Gasteiger partial charge in [-0.1, -0.05) is 5.16 Å². The van der Waals surface area contributed by atoms with E-state index in [0.717, 1.165) is 12.1 Å². The number of rotatable bonds is 4. The van der Waals surface area contributed by atoms with Crippen LogP contribution in [0.15, 0.2) is 41.2 Å². The molecule has 0 aliphatic heterocycles. The third-order valence-electron chi connectivity index (χ3n) is 4.28. The van der Waals surface area contributed by atoms with Gasteiger partial charge in [-0.3, -0.25) is 4.79 Å². The molecular weight excluding hydrogens is 403 g/mol. The van der Waals surface area contributed by atoms with E-state index in [1.165, 1.54) is 24.5 Å². The molecule has 1 amide bonds. The second kappa shape index (κ2) is 7.13. The molecule has 3 heterocycles. The highest BCUT2D eigenvalue weighted by molar-refractivity contribution is 5.93. The molecule has 4 rings (SSSR count). The van der Waals surface area contributed by atoms with Gasteiger partial charge in [0, 0.05) is 12.1 Å². The van der Waals surface area contributed by atoms with E-state index in [2.05, 4.69) is 30.4 Å². The van der Waals surface area contributed by atoms with Gasteiger partial charge in [0.25, 0.3) is 5.91 Å². The normalized spacial score (nSPS) is 12.8. The summed E-state index contributed by atoms with van der Waals surface area (Å²) in [6.45, 7) is 1.67. The first-order valence-electron chi connectivity index (χ1n) is 8.63. The Balaban J connectivity index is 1.54. The predicted molar refractivity (Wildman–Crippen MR) is 98.9 cm³/mol. The van der Waals surface area contributed by atoms with Crippen LogP contribution in [0.4, 0.5) is 19.0 Å². The highest BCUT2D eigenvalue weighted by Crippen LogP contribution is 2.31. The Labute approximate surface area is 166 Å². The molecule has 1 aromatic carbocycles. The molecular formula is C18H14F3N7O2. The van der Waals surface area contributed by atoms with E-state index in [-0.39, 0.29) is 28.5 Å². The van der Waals surface area contributed by atoms with Gasteiger partial charge < -0.3 is 20.6 Å². The van der Waals surface area contributed by atoms with Gasteiger partial charge in [0.2, 0.25) is 0 Å². The smallest absolute Gasteiger partial charge is 0.384 e. The maximum atomic E-state index is 12.9. The van der Waals surface area contributed by atoms with E-state index in [9.17, 15) is 18.0 Å². The van der Waals surface area contributed by atoms with Crippen LogP contribution in [0.3, 0.4) is 0 Å². The van der Waals surface area contributed by atoms with Gasteiger partial charge in [0.15, 0.2) is 11.6 Å². The van der Waals surface area contributed by atoms with Gasteiger partial charge in [0.05, 0.1) is 22.6 Å². The lowest BCUT2D eigenvalue weighted by molar-refractivity contribution is -0.137. The average molecular weight is 417 g/mol. The average Bonchev–Trinajstić information content (AvgIpc) is 3.33. The molecule has 0 bridgehead atoms. The van der Waals surface area contributed by atoms with Crippen LogP contribution in [0, 0.1) is 0 Å². The first-order valence-corrected chi connectivity index (χ1v) is 8.63. The van der Waals surface area contributed by atoms with Crippen LogP contribution < -0.4 is 11.1 Å². The largest absolute Gasteiger partial charge is 0.416 e. The highest BCUT2D eigenvalue weighted by atomic mass is 19.4. The standard InChI is InChI=1S/C18H14F3N7O2/c1-8(25-17(29)13-6-15(22)24-7-23-13)14-5-12(28-30-14)16-26-10-3-2-9(18(19,20)21)4-11(10)27-16/h2-8H,1H3,(H,25,29)(H,26,27)(H2,22,23,24). The Morgan fingerprint density at radius 3 is 2.77 bits per heavy atom. The molecule has 154 valence electrons. The van der Waals surface area contributed by atoms with Gasteiger partial charge >= 0.3 is 6.18 Å². The number of hydrogen-bond acceptors (Lipinski definition) is 7. The van der Waals surface area contributed by atoms with Gasteiger partial charge in [-0.2, -0.15) is 13.2 Å². The molecule has 0 aliphatic rings. The van der Waals surface area contributed by atoms with Crippen molar-refractivity contribution in [1.29, 1.82) is 0 Å². The third-order valence-corrected chi connectivity index (χ3v) is 4.28. The minimum atomic E-state index is -4.46. The van der Waals surface area contributed by atoms with E-state index in [4.69, 9.17) is 10.3 Å². The zero-order chi connectivity index (χ0) is 21.5. The van der Waals surface area contributed by atoms with Gasteiger partial charge in [0.1, 0.15) is 23.5 Å². The lowest BCUT2D eigenvalue weighted by Crippen LogP contribution is -2.27. The second-order valence-electron chi connectivity index (χ2n) is 6.45. The van der Waals surface area contributed by atoms with Crippen LogP contribution in [0.1, 0.15) is 34.8 Å². The number of hydrogen-bond donors (Lipinski definition) is 3. The summed E-state index contributed by atoms with van der Waals surface area (Å²) < 4.78 is 43.9. The number of anilines is 1. The Kier molecular flexibility index (Phi) is 4.60. The number of carbonyl (C=O) groups is 1. The van der Waals surface area contributed by atoms with E-state index < -0.39 is 23.7 Å². The molecule has 30 heavy (non-hydrogen) atoms. The first-order chi connectivity index (χ1) is 14.2. The molecule has 0 spiro atoms. The quantitative estimate of drug-likeness (QED) is 0.464. The summed E-state index contributed by atoms with van der Waals surface area (Å²) in [6, 6.07) is 5.49. The van der Waals surface area contributed by atoms with Crippen molar-refractivity contribution in [3.05, 3.63) is 53.7 Å². The maximum absolute atomic E-state index is 12.9. The number of nitrogens with two attached hydrogens (primary N) is 1. The van der Waals surface area contributed by atoms with Crippen LogP contribution in [-0.4, -0.2) is 31.0 Å². The summed E-state index contributed by atoms with van der Waals surface area (Å²) in [7, 11) is 0.